The topological polar surface area (TPSA) is 26.0 Å². The molecule has 0 atom stereocenters. The van der Waals surface area contributed by atoms with Crippen molar-refractivity contribution in [2.75, 3.05) is 5.33 Å². The van der Waals surface area contributed by atoms with Gasteiger partial charge in [0.1, 0.15) is 5.76 Å². The van der Waals surface area contributed by atoms with E-state index < -0.39 is 0 Å². The van der Waals surface area contributed by atoms with Crippen molar-refractivity contribution >= 4 is 15.9 Å². The highest BCUT2D eigenvalue weighted by molar-refractivity contribution is 9.09. The van der Waals surface area contributed by atoms with Crippen LogP contribution in [0.1, 0.15) is 5.76 Å². The second kappa shape index (κ2) is 4.42. The maximum Gasteiger partial charge on any atom is 0.226 e. The van der Waals surface area contributed by atoms with Crippen LogP contribution < -0.4 is 0 Å². The Morgan fingerprint density at radius 3 is 2.71 bits per heavy atom. The first-order valence-electron chi connectivity index (χ1n) is 4.46. The molecule has 0 bridgehead atoms. The molecule has 0 aliphatic rings. The lowest BCUT2D eigenvalue weighted by Crippen LogP contribution is -1.79. The molecule has 0 saturated heterocycles. The van der Waals surface area contributed by atoms with E-state index in [4.69, 9.17) is 4.42 Å². The summed E-state index contributed by atoms with van der Waals surface area (Å²) in [5.74, 6) is 1.61. The fraction of sp³-hybridized carbons (Fsp3) is 0.182. The number of aromatic nitrogens is 1. The van der Waals surface area contributed by atoms with Crippen molar-refractivity contribution in [3.63, 3.8) is 0 Å². The molecular weight excluding hydrogens is 242 g/mol. The zero-order valence-corrected chi connectivity index (χ0v) is 9.20. The first kappa shape index (κ1) is 9.46. The molecule has 2 nitrogen and oxygen atoms in total. The number of halogens is 1. The highest BCUT2D eigenvalue weighted by Gasteiger charge is 2.04. The van der Waals surface area contributed by atoms with Gasteiger partial charge >= 0.3 is 0 Å². The monoisotopic (exact) mass is 251 g/mol. The molecule has 0 fully saturated rings. The largest absolute Gasteiger partial charge is 0.441 e. The van der Waals surface area contributed by atoms with Gasteiger partial charge in [0.2, 0.25) is 5.89 Å². The second-order valence-electron chi connectivity index (χ2n) is 2.94. The SMILES string of the molecule is BrCCc1cnc(-c2ccccc2)o1. The van der Waals surface area contributed by atoms with E-state index in [1.807, 2.05) is 30.3 Å². The predicted octanol–water partition coefficient (Wildman–Crippen LogP) is 3.28. The van der Waals surface area contributed by atoms with E-state index in [-0.39, 0.29) is 0 Å². The summed E-state index contributed by atoms with van der Waals surface area (Å²) in [6.07, 6.45) is 2.66. The minimum atomic E-state index is 0.696. The number of rotatable bonds is 3. The second-order valence-corrected chi connectivity index (χ2v) is 3.73. The zero-order chi connectivity index (χ0) is 9.80. The lowest BCUT2D eigenvalue weighted by molar-refractivity contribution is 0.526. The standard InChI is InChI=1S/C11H10BrNO/c12-7-6-10-8-13-11(14-10)9-4-2-1-3-5-9/h1-5,8H,6-7H2. The molecule has 2 aromatic rings. The highest BCUT2D eigenvalue weighted by Crippen LogP contribution is 2.18. The third-order valence-corrected chi connectivity index (χ3v) is 2.31. The van der Waals surface area contributed by atoms with Crippen LogP contribution in [-0.2, 0) is 6.42 Å². The first-order valence-corrected chi connectivity index (χ1v) is 5.58. The van der Waals surface area contributed by atoms with E-state index in [1.54, 1.807) is 6.20 Å². The Morgan fingerprint density at radius 1 is 1.21 bits per heavy atom. The lowest BCUT2D eigenvalue weighted by Gasteiger charge is -1.93. The third kappa shape index (κ3) is 2.04. The molecule has 0 unspecified atom stereocenters. The molecule has 1 aromatic heterocycles. The molecule has 2 rings (SSSR count). The smallest absolute Gasteiger partial charge is 0.226 e. The molecule has 0 aliphatic carbocycles. The number of alkyl halides is 1. The van der Waals surface area contributed by atoms with E-state index in [0.29, 0.717) is 5.89 Å². The van der Waals surface area contributed by atoms with E-state index in [0.717, 1.165) is 23.1 Å². The number of hydrogen-bond donors (Lipinski definition) is 0. The van der Waals surface area contributed by atoms with Crippen LogP contribution >= 0.6 is 15.9 Å². The molecule has 1 aromatic carbocycles. The minimum absolute atomic E-state index is 0.696. The van der Waals surface area contributed by atoms with E-state index >= 15 is 0 Å². The summed E-state index contributed by atoms with van der Waals surface area (Å²) < 4.78 is 5.57. The van der Waals surface area contributed by atoms with Gasteiger partial charge in [-0.15, -0.1) is 0 Å². The van der Waals surface area contributed by atoms with Gasteiger partial charge in [0, 0.05) is 17.3 Å². The van der Waals surface area contributed by atoms with Gasteiger partial charge in [-0.1, -0.05) is 34.1 Å². The van der Waals surface area contributed by atoms with Gasteiger partial charge in [-0.2, -0.15) is 0 Å². The maximum atomic E-state index is 5.57. The average molecular weight is 252 g/mol. The summed E-state index contributed by atoms with van der Waals surface area (Å²) in [6.45, 7) is 0. The molecule has 0 radical (unpaired) electrons. The van der Waals surface area contributed by atoms with Gasteiger partial charge in [0.15, 0.2) is 0 Å². The van der Waals surface area contributed by atoms with Crippen molar-refractivity contribution in [1.29, 1.82) is 0 Å². The van der Waals surface area contributed by atoms with Crippen LogP contribution in [0.25, 0.3) is 11.5 Å². The van der Waals surface area contributed by atoms with Crippen LogP contribution in [0, 0.1) is 0 Å². The van der Waals surface area contributed by atoms with Crippen molar-refractivity contribution in [1.82, 2.24) is 4.98 Å². The number of hydrogen-bond acceptors (Lipinski definition) is 2. The zero-order valence-electron chi connectivity index (χ0n) is 7.61. The Labute approximate surface area is 91.1 Å². The van der Waals surface area contributed by atoms with Crippen molar-refractivity contribution in [2.45, 2.75) is 6.42 Å². The van der Waals surface area contributed by atoms with Crippen LogP contribution in [0.5, 0.6) is 0 Å². The third-order valence-electron chi connectivity index (χ3n) is 1.92. The number of aryl methyl sites for hydroxylation is 1. The van der Waals surface area contributed by atoms with Crippen LogP contribution in [0.2, 0.25) is 0 Å². The van der Waals surface area contributed by atoms with E-state index in [9.17, 15) is 0 Å². The van der Waals surface area contributed by atoms with Crippen LogP contribution in [0.4, 0.5) is 0 Å². The molecule has 72 valence electrons. The number of oxazole rings is 1. The normalized spacial score (nSPS) is 10.4. The lowest BCUT2D eigenvalue weighted by atomic mass is 10.2. The summed E-state index contributed by atoms with van der Waals surface area (Å²) in [4.78, 5) is 4.22. The van der Waals surface area contributed by atoms with Crippen LogP contribution in [-0.4, -0.2) is 10.3 Å². The summed E-state index contributed by atoms with van der Waals surface area (Å²) in [6, 6.07) is 9.91. The van der Waals surface area contributed by atoms with Crippen molar-refractivity contribution < 1.29 is 4.42 Å². The Hall–Kier alpha value is -1.09. The van der Waals surface area contributed by atoms with Crippen molar-refractivity contribution in [3.05, 3.63) is 42.3 Å². The van der Waals surface area contributed by atoms with Gasteiger partial charge in [-0.05, 0) is 12.1 Å². The molecule has 1 heterocycles. The molecule has 3 heteroatoms. The Bertz CT molecular complexity index is 397. The first-order chi connectivity index (χ1) is 6.90. The van der Waals surface area contributed by atoms with Crippen LogP contribution in [0.15, 0.2) is 40.9 Å². The Morgan fingerprint density at radius 2 is 2.00 bits per heavy atom. The number of benzene rings is 1. The Balaban J connectivity index is 2.25. The molecule has 0 spiro atoms. The highest BCUT2D eigenvalue weighted by atomic mass is 79.9. The average Bonchev–Trinajstić information content (AvgIpc) is 2.68. The maximum absolute atomic E-state index is 5.57. The fourth-order valence-corrected chi connectivity index (χ4v) is 1.62. The van der Waals surface area contributed by atoms with Gasteiger partial charge < -0.3 is 4.42 Å². The quantitative estimate of drug-likeness (QED) is 0.783. The van der Waals surface area contributed by atoms with E-state index in [2.05, 4.69) is 20.9 Å². The van der Waals surface area contributed by atoms with Crippen molar-refractivity contribution in [3.8, 4) is 11.5 Å². The summed E-state index contributed by atoms with van der Waals surface area (Å²) in [5.41, 5.74) is 1.02. The van der Waals surface area contributed by atoms with E-state index in [1.165, 1.54) is 0 Å². The molecule has 0 amide bonds. The molecule has 0 saturated carbocycles. The van der Waals surface area contributed by atoms with Gasteiger partial charge in [-0.3, -0.25) is 0 Å². The predicted molar refractivity (Wildman–Crippen MR) is 59.4 cm³/mol. The number of nitrogens with zero attached hydrogens (tertiary/aromatic N) is 1. The molecule has 0 N–H and O–H groups in total. The van der Waals surface area contributed by atoms with Gasteiger partial charge in [0.25, 0.3) is 0 Å². The molecule has 0 aliphatic heterocycles. The van der Waals surface area contributed by atoms with Gasteiger partial charge in [-0.25, -0.2) is 4.98 Å². The molecule has 14 heavy (non-hydrogen) atoms. The summed E-state index contributed by atoms with van der Waals surface area (Å²) in [5, 5.41) is 0.899. The summed E-state index contributed by atoms with van der Waals surface area (Å²) >= 11 is 3.36. The fourth-order valence-electron chi connectivity index (χ4n) is 1.23. The van der Waals surface area contributed by atoms with Gasteiger partial charge in [0.05, 0.1) is 6.20 Å². The Kier molecular flexibility index (Phi) is 2.99. The van der Waals surface area contributed by atoms with Crippen molar-refractivity contribution in [2.24, 2.45) is 0 Å². The van der Waals surface area contributed by atoms with Crippen LogP contribution in [0.3, 0.4) is 0 Å². The summed E-state index contributed by atoms with van der Waals surface area (Å²) in [7, 11) is 0. The molecular formula is C11H10BrNO. The minimum Gasteiger partial charge on any atom is -0.441 e.